The standard InChI is InChI=1S/C20H18N4O3/c1-13-19(16(23-27-13)11-14-7-4-3-5-8-14)20(25)21-18-12-15(22-24(18)2)17-9-6-10-26-17/h3-10,12H,11H2,1-2H3,(H,21,25). The number of furan rings is 1. The summed E-state index contributed by atoms with van der Waals surface area (Å²) in [6.45, 7) is 1.73. The van der Waals surface area contributed by atoms with Crippen LogP contribution in [0.3, 0.4) is 0 Å². The first kappa shape index (κ1) is 16.8. The Kier molecular flexibility index (Phi) is 4.33. The molecule has 136 valence electrons. The zero-order chi connectivity index (χ0) is 18.8. The molecule has 0 unspecified atom stereocenters. The zero-order valence-electron chi connectivity index (χ0n) is 15.0. The van der Waals surface area contributed by atoms with Gasteiger partial charge in [0.1, 0.15) is 28.5 Å². The summed E-state index contributed by atoms with van der Waals surface area (Å²) in [7, 11) is 1.76. The first-order valence-corrected chi connectivity index (χ1v) is 8.50. The Labute approximate surface area is 155 Å². The minimum absolute atomic E-state index is 0.284. The molecule has 1 N–H and O–H groups in total. The molecular formula is C20H18N4O3. The molecule has 0 fully saturated rings. The molecule has 3 heterocycles. The summed E-state index contributed by atoms with van der Waals surface area (Å²) >= 11 is 0. The van der Waals surface area contributed by atoms with Gasteiger partial charge in [0, 0.05) is 19.5 Å². The number of carbonyl (C=O) groups is 1. The highest BCUT2D eigenvalue weighted by molar-refractivity contribution is 6.05. The average Bonchev–Trinajstić information content (AvgIpc) is 3.38. The van der Waals surface area contributed by atoms with Crippen molar-refractivity contribution in [3.05, 3.63) is 77.4 Å². The summed E-state index contributed by atoms with van der Waals surface area (Å²) in [5, 5.41) is 11.3. The van der Waals surface area contributed by atoms with Crippen molar-refractivity contribution in [1.29, 1.82) is 0 Å². The van der Waals surface area contributed by atoms with Crippen molar-refractivity contribution >= 4 is 11.7 Å². The molecule has 1 aromatic carbocycles. The van der Waals surface area contributed by atoms with Crippen molar-refractivity contribution in [1.82, 2.24) is 14.9 Å². The van der Waals surface area contributed by atoms with Crippen LogP contribution in [0, 0.1) is 6.92 Å². The smallest absolute Gasteiger partial charge is 0.262 e. The molecule has 0 saturated carbocycles. The van der Waals surface area contributed by atoms with E-state index in [1.807, 2.05) is 36.4 Å². The summed E-state index contributed by atoms with van der Waals surface area (Å²) in [4.78, 5) is 12.9. The molecule has 0 saturated heterocycles. The summed E-state index contributed by atoms with van der Waals surface area (Å²) in [5.41, 5.74) is 2.74. The number of rotatable bonds is 5. The van der Waals surface area contributed by atoms with Crippen LogP contribution in [-0.4, -0.2) is 20.8 Å². The normalized spacial score (nSPS) is 10.9. The van der Waals surface area contributed by atoms with Gasteiger partial charge in [-0.2, -0.15) is 5.10 Å². The molecule has 7 heteroatoms. The predicted molar refractivity (Wildman–Crippen MR) is 99.4 cm³/mol. The van der Waals surface area contributed by atoms with E-state index < -0.39 is 0 Å². The second-order valence-corrected chi connectivity index (χ2v) is 6.19. The predicted octanol–water partition coefficient (Wildman–Crippen LogP) is 3.82. The maximum atomic E-state index is 12.9. The van der Waals surface area contributed by atoms with Crippen LogP contribution in [0.1, 0.15) is 27.4 Å². The highest BCUT2D eigenvalue weighted by atomic mass is 16.5. The van der Waals surface area contributed by atoms with E-state index in [2.05, 4.69) is 15.6 Å². The second-order valence-electron chi connectivity index (χ2n) is 6.19. The first-order chi connectivity index (χ1) is 13.1. The molecule has 27 heavy (non-hydrogen) atoms. The molecule has 0 atom stereocenters. The Morgan fingerprint density at radius 1 is 1.19 bits per heavy atom. The zero-order valence-corrected chi connectivity index (χ0v) is 15.0. The topological polar surface area (TPSA) is 86.1 Å². The molecule has 7 nitrogen and oxygen atoms in total. The third-order valence-corrected chi connectivity index (χ3v) is 4.27. The Hall–Kier alpha value is -3.61. The van der Waals surface area contributed by atoms with E-state index in [0.717, 1.165) is 5.56 Å². The van der Waals surface area contributed by atoms with Gasteiger partial charge in [-0.1, -0.05) is 35.5 Å². The van der Waals surface area contributed by atoms with Crippen LogP contribution in [0.2, 0.25) is 0 Å². The summed E-state index contributed by atoms with van der Waals surface area (Å²) in [6, 6.07) is 15.2. The highest BCUT2D eigenvalue weighted by Gasteiger charge is 2.22. The fourth-order valence-corrected chi connectivity index (χ4v) is 2.93. The molecular weight excluding hydrogens is 344 g/mol. The minimum atomic E-state index is -0.284. The monoisotopic (exact) mass is 362 g/mol. The van der Waals surface area contributed by atoms with Crippen molar-refractivity contribution in [2.75, 3.05) is 5.32 Å². The maximum Gasteiger partial charge on any atom is 0.262 e. The minimum Gasteiger partial charge on any atom is -0.463 e. The summed E-state index contributed by atoms with van der Waals surface area (Å²) < 4.78 is 12.2. The quantitative estimate of drug-likeness (QED) is 0.583. The van der Waals surface area contributed by atoms with Gasteiger partial charge in [0.05, 0.1) is 6.26 Å². The van der Waals surface area contributed by atoms with Crippen LogP contribution in [0.15, 0.2) is 63.7 Å². The van der Waals surface area contributed by atoms with E-state index in [1.54, 1.807) is 37.0 Å². The first-order valence-electron chi connectivity index (χ1n) is 8.50. The lowest BCUT2D eigenvalue weighted by atomic mass is 10.1. The van der Waals surface area contributed by atoms with Crippen LogP contribution in [0.4, 0.5) is 5.82 Å². The number of carbonyl (C=O) groups excluding carboxylic acids is 1. The third-order valence-electron chi connectivity index (χ3n) is 4.27. The number of nitrogens with one attached hydrogen (secondary N) is 1. The average molecular weight is 362 g/mol. The van der Waals surface area contributed by atoms with Crippen LogP contribution < -0.4 is 5.32 Å². The number of hydrogen-bond donors (Lipinski definition) is 1. The van der Waals surface area contributed by atoms with E-state index in [4.69, 9.17) is 8.94 Å². The maximum absolute atomic E-state index is 12.9. The van der Waals surface area contributed by atoms with Crippen LogP contribution in [0.25, 0.3) is 11.5 Å². The number of aromatic nitrogens is 3. The molecule has 1 amide bonds. The second kappa shape index (κ2) is 6.95. The van der Waals surface area contributed by atoms with Gasteiger partial charge in [-0.3, -0.25) is 9.48 Å². The Morgan fingerprint density at radius 2 is 2.00 bits per heavy atom. The Bertz CT molecular complexity index is 1060. The molecule has 0 aliphatic carbocycles. The number of aryl methyl sites for hydroxylation is 2. The largest absolute Gasteiger partial charge is 0.463 e. The molecule has 3 aromatic heterocycles. The van der Waals surface area contributed by atoms with E-state index >= 15 is 0 Å². The lowest BCUT2D eigenvalue weighted by molar-refractivity contribution is 0.102. The SMILES string of the molecule is Cc1onc(Cc2ccccc2)c1C(=O)Nc1cc(-c2ccco2)nn1C. The fourth-order valence-electron chi connectivity index (χ4n) is 2.93. The van der Waals surface area contributed by atoms with Gasteiger partial charge in [-0.25, -0.2) is 0 Å². The van der Waals surface area contributed by atoms with Crippen molar-refractivity contribution in [2.45, 2.75) is 13.3 Å². The number of hydrogen-bond acceptors (Lipinski definition) is 5. The molecule has 0 spiro atoms. The lowest BCUT2D eigenvalue weighted by Gasteiger charge is -2.05. The van der Waals surface area contributed by atoms with Crippen molar-refractivity contribution in [2.24, 2.45) is 7.05 Å². The number of amides is 1. The number of nitrogens with zero attached hydrogens (tertiary/aromatic N) is 3. The van der Waals surface area contributed by atoms with Gasteiger partial charge in [0.25, 0.3) is 5.91 Å². The van der Waals surface area contributed by atoms with Crippen LogP contribution in [0.5, 0.6) is 0 Å². The van der Waals surface area contributed by atoms with Crippen molar-refractivity contribution in [3.63, 3.8) is 0 Å². The van der Waals surface area contributed by atoms with Gasteiger partial charge in [-0.15, -0.1) is 0 Å². The number of benzene rings is 1. The summed E-state index contributed by atoms with van der Waals surface area (Å²) in [5.74, 6) is 1.38. The molecule has 4 aromatic rings. The molecule has 0 aliphatic rings. The molecule has 0 bridgehead atoms. The third kappa shape index (κ3) is 3.39. The molecule has 0 aliphatic heterocycles. The van der Waals surface area contributed by atoms with Gasteiger partial charge in [0.2, 0.25) is 0 Å². The van der Waals surface area contributed by atoms with Gasteiger partial charge >= 0.3 is 0 Å². The Morgan fingerprint density at radius 3 is 2.74 bits per heavy atom. The van der Waals surface area contributed by atoms with E-state index in [0.29, 0.717) is 40.7 Å². The summed E-state index contributed by atoms with van der Waals surface area (Å²) in [6.07, 6.45) is 2.10. The van der Waals surface area contributed by atoms with Gasteiger partial charge in [0.15, 0.2) is 5.76 Å². The Balaban J connectivity index is 1.58. The van der Waals surface area contributed by atoms with Gasteiger partial charge in [-0.05, 0) is 24.6 Å². The van der Waals surface area contributed by atoms with E-state index in [-0.39, 0.29) is 5.91 Å². The van der Waals surface area contributed by atoms with Crippen LogP contribution in [-0.2, 0) is 13.5 Å². The van der Waals surface area contributed by atoms with Crippen molar-refractivity contribution in [3.8, 4) is 11.5 Å². The lowest BCUT2D eigenvalue weighted by Crippen LogP contribution is -2.16. The van der Waals surface area contributed by atoms with Crippen molar-refractivity contribution < 1.29 is 13.7 Å². The van der Waals surface area contributed by atoms with E-state index in [9.17, 15) is 4.79 Å². The molecule has 0 radical (unpaired) electrons. The van der Waals surface area contributed by atoms with E-state index in [1.165, 1.54) is 0 Å². The highest BCUT2D eigenvalue weighted by Crippen LogP contribution is 2.23. The fraction of sp³-hybridized carbons (Fsp3) is 0.150. The number of anilines is 1. The molecule has 4 rings (SSSR count). The van der Waals surface area contributed by atoms with Crippen LogP contribution >= 0.6 is 0 Å². The van der Waals surface area contributed by atoms with Gasteiger partial charge < -0.3 is 14.3 Å².